The van der Waals surface area contributed by atoms with Crippen molar-refractivity contribution in [2.24, 2.45) is 5.92 Å². The first-order chi connectivity index (χ1) is 10.4. The SMILES string of the molecule is Cc1cc(F)ccc1S(=O)(=O)NCCN(CC(C)C)S(C)(=O)=O. The van der Waals surface area contributed by atoms with Crippen molar-refractivity contribution >= 4 is 20.0 Å². The van der Waals surface area contributed by atoms with Crippen molar-refractivity contribution in [1.29, 1.82) is 0 Å². The van der Waals surface area contributed by atoms with Crippen LogP contribution in [-0.2, 0) is 20.0 Å². The highest BCUT2D eigenvalue weighted by molar-refractivity contribution is 7.89. The molecule has 0 heterocycles. The van der Waals surface area contributed by atoms with Crippen molar-refractivity contribution in [3.63, 3.8) is 0 Å². The van der Waals surface area contributed by atoms with Gasteiger partial charge in [0.1, 0.15) is 5.82 Å². The summed E-state index contributed by atoms with van der Waals surface area (Å²) in [4.78, 5) is -0.0198. The molecule has 0 saturated heterocycles. The quantitative estimate of drug-likeness (QED) is 0.752. The average molecular weight is 366 g/mol. The lowest BCUT2D eigenvalue weighted by molar-refractivity contribution is 0.372. The highest BCUT2D eigenvalue weighted by atomic mass is 32.2. The summed E-state index contributed by atoms with van der Waals surface area (Å²) in [5, 5.41) is 0. The van der Waals surface area contributed by atoms with E-state index in [2.05, 4.69) is 4.72 Å². The lowest BCUT2D eigenvalue weighted by Crippen LogP contribution is -2.40. The van der Waals surface area contributed by atoms with Gasteiger partial charge in [0.25, 0.3) is 0 Å². The van der Waals surface area contributed by atoms with E-state index >= 15 is 0 Å². The van der Waals surface area contributed by atoms with Gasteiger partial charge in [-0.1, -0.05) is 13.8 Å². The fourth-order valence-corrected chi connectivity index (χ4v) is 4.33. The number of hydrogen-bond donors (Lipinski definition) is 1. The van der Waals surface area contributed by atoms with E-state index in [4.69, 9.17) is 0 Å². The minimum atomic E-state index is -3.82. The lowest BCUT2D eigenvalue weighted by atomic mass is 10.2. The van der Waals surface area contributed by atoms with Gasteiger partial charge in [-0.3, -0.25) is 0 Å². The number of benzene rings is 1. The molecule has 0 unspecified atom stereocenters. The van der Waals surface area contributed by atoms with Crippen LogP contribution < -0.4 is 4.72 Å². The summed E-state index contributed by atoms with van der Waals surface area (Å²) in [7, 11) is -7.22. The fraction of sp³-hybridized carbons (Fsp3) is 0.571. The van der Waals surface area contributed by atoms with Crippen molar-refractivity contribution in [2.45, 2.75) is 25.7 Å². The zero-order chi connectivity index (χ0) is 17.8. The van der Waals surface area contributed by atoms with Gasteiger partial charge in [-0.2, -0.15) is 0 Å². The molecule has 1 aromatic rings. The van der Waals surface area contributed by atoms with Gasteiger partial charge in [-0.05, 0) is 36.6 Å². The number of halogens is 1. The van der Waals surface area contributed by atoms with Gasteiger partial charge in [0, 0.05) is 19.6 Å². The number of sulfonamides is 2. The van der Waals surface area contributed by atoms with E-state index in [0.717, 1.165) is 18.4 Å². The molecule has 0 aliphatic carbocycles. The minimum absolute atomic E-state index is 0.0198. The van der Waals surface area contributed by atoms with Crippen LogP contribution in [0, 0.1) is 18.7 Å². The second-order valence-electron chi connectivity index (χ2n) is 5.82. The van der Waals surface area contributed by atoms with Crippen molar-refractivity contribution in [2.75, 3.05) is 25.9 Å². The number of rotatable bonds is 8. The lowest BCUT2D eigenvalue weighted by Gasteiger charge is -2.22. The maximum atomic E-state index is 13.1. The van der Waals surface area contributed by atoms with E-state index in [1.807, 2.05) is 13.8 Å². The molecule has 0 atom stereocenters. The second-order valence-corrected chi connectivity index (χ2v) is 9.54. The molecule has 0 spiro atoms. The molecule has 0 aliphatic rings. The first-order valence-corrected chi connectivity index (χ1v) is 10.5. The monoisotopic (exact) mass is 366 g/mol. The zero-order valence-corrected chi connectivity index (χ0v) is 15.3. The molecule has 1 N–H and O–H groups in total. The number of nitrogens with zero attached hydrogens (tertiary/aromatic N) is 1. The van der Waals surface area contributed by atoms with Crippen LogP contribution >= 0.6 is 0 Å². The smallest absolute Gasteiger partial charge is 0.213 e. The van der Waals surface area contributed by atoms with Crippen LogP contribution in [0.4, 0.5) is 4.39 Å². The summed E-state index contributed by atoms with van der Waals surface area (Å²) in [5.74, 6) is -0.387. The van der Waals surface area contributed by atoms with Gasteiger partial charge in [0.05, 0.1) is 11.2 Å². The molecule has 0 fully saturated rings. The molecule has 0 aliphatic heterocycles. The van der Waals surface area contributed by atoms with Gasteiger partial charge in [-0.15, -0.1) is 0 Å². The third-order valence-corrected chi connectivity index (χ3v) is 6.01. The molecule has 0 bridgehead atoms. The van der Waals surface area contributed by atoms with Gasteiger partial charge < -0.3 is 0 Å². The topological polar surface area (TPSA) is 83.6 Å². The zero-order valence-electron chi connectivity index (χ0n) is 13.7. The molecule has 1 rings (SSSR count). The van der Waals surface area contributed by atoms with Gasteiger partial charge in [0.15, 0.2) is 0 Å². The van der Waals surface area contributed by atoms with Crippen LogP contribution in [0.15, 0.2) is 23.1 Å². The van der Waals surface area contributed by atoms with E-state index in [1.54, 1.807) is 0 Å². The van der Waals surface area contributed by atoms with Crippen LogP contribution in [0.5, 0.6) is 0 Å². The Kier molecular flexibility index (Phi) is 6.70. The molecule has 0 amide bonds. The van der Waals surface area contributed by atoms with Crippen LogP contribution in [0.1, 0.15) is 19.4 Å². The fourth-order valence-electron chi connectivity index (χ4n) is 2.10. The van der Waals surface area contributed by atoms with Crippen molar-refractivity contribution in [3.8, 4) is 0 Å². The summed E-state index contributed by atoms with van der Waals surface area (Å²) in [6.45, 7) is 5.55. The Labute approximate surface area is 137 Å². The van der Waals surface area contributed by atoms with E-state index in [0.29, 0.717) is 12.1 Å². The molecule has 23 heavy (non-hydrogen) atoms. The summed E-state index contributed by atoms with van der Waals surface area (Å²) in [6.07, 6.45) is 1.09. The number of nitrogens with one attached hydrogen (secondary N) is 1. The molecular formula is C14H23FN2O4S2. The Bertz CT molecular complexity index is 746. The summed E-state index contributed by atoms with van der Waals surface area (Å²) >= 11 is 0. The first kappa shape index (κ1) is 20.0. The van der Waals surface area contributed by atoms with Crippen LogP contribution in [0.25, 0.3) is 0 Å². The third-order valence-electron chi connectivity index (χ3n) is 3.12. The highest BCUT2D eigenvalue weighted by Gasteiger charge is 2.20. The number of aryl methyl sites for hydroxylation is 1. The molecule has 132 valence electrons. The average Bonchev–Trinajstić information content (AvgIpc) is 2.35. The summed E-state index contributed by atoms with van der Waals surface area (Å²) in [6, 6.07) is 3.40. The maximum Gasteiger partial charge on any atom is 0.240 e. The predicted molar refractivity (Wildman–Crippen MR) is 87.6 cm³/mol. The molecule has 0 saturated carbocycles. The Morgan fingerprint density at radius 2 is 1.83 bits per heavy atom. The molecule has 0 aromatic heterocycles. The Morgan fingerprint density at radius 3 is 2.30 bits per heavy atom. The summed E-state index contributed by atoms with van der Waals surface area (Å²) < 4.78 is 64.5. The van der Waals surface area contributed by atoms with E-state index in [1.165, 1.54) is 17.3 Å². The molecule has 6 nitrogen and oxygen atoms in total. The van der Waals surface area contributed by atoms with Crippen molar-refractivity contribution in [1.82, 2.24) is 9.03 Å². The Hall–Kier alpha value is -1.03. The van der Waals surface area contributed by atoms with Gasteiger partial charge >= 0.3 is 0 Å². The van der Waals surface area contributed by atoms with E-state index in [9.17, 15) is 21.2 Å². The summed E-state index contributed by atoms with van der Waals surface area (Å²) in [5.41, 5.74) is 0.291. The van der Waals surface area contributed by atoms with E-state index in [-0.39, 0.29) is 23.9 Å². The molecular weight excluding hydrogens is 343 g/mol. The number of hydrogen-bond acceptors (Lipinski definition) is 4. The standard InChI is InChI=1S/C14H23FN2O4S2/c1-11(2)10-17(22(4,18)19)8-7-16-23(20,21)14-6-5-13(15)9-12(14)3/h5-6,9,11,16H,7-8,10H2,1-4H3. The van der Waals surface area contributed by atoms with Crippen LogP contribution in [0.2, 0.25) is 0 Å². The second kappa shape index (κ2) is 7.69. The Morgan fingerprint density at radius 1 is 1.22 bits per heavy atom. The van der Waals surface area contributed by atoms with E-state index < -0.39 is 25.9 Å². The highest BCUT2D eigenvalue weighted by Crippen LogP contribution is 2.15. The molecule has 9 heteroatoms. The van der Waals surface area contributed by atoms with Crippen molar-refractivity contribution in [3.05, 3.63) is 29.6 Å². The van der Waals surface area contributed by atoms with Crippen molar-refractivity contribution < 1.29 is 21.2 Å². The minimum Gasteiger partial charge on any atom is -0.213 e. The maximum absolute atomic E-state index is 13.1. The van der Waals surface area contributed by atoms with Crippen LogP contribution in [0.3, 0.4) is 0 Å². The first-order valence-electron chi connectivity index (χ1n) is 7.14. The van der Waals surface area contributed by atoms with Crippen LogP contribution in [-0.4, -0.2) is 47.0 Å². The molecule has 0 radical (unpaired) electrons. The largest absolute Gasteiger partial charge is 0.240 e. The normalized spacial score (nSPS) is 13.0. The van der Waals surface area contributed by atoms with Gasteiger partial charge in [-0.25, -0.2) is 30.3 Å². The Balaban J connectivity index is 2.79. The molecule has 1 aromatic carbocycles. The predicted octanol–water partition coefficient (Wildman–Crippen LogP) is 1.33. The van der Waals surface area contributed by atoms with Gasteiger partial charge in [0.2, 0.25) is 20.0 Å². The third kappa shape index (κ3) is 6.17.